The Morgan fingerprint density at radius 2 is 1.84 bits per heavy atom. The largest absolute Gasteiger partial charge is 0.466 e. The maximum Gasteiger partial charge on any atom is 0.309 e. The first-order valence-electron chi connectivity index (χ1n) is 11.1. The van der Waals surface area contributed by atoms with Crippen LogP contribution in [-0.4, -0.2) is 47.8 Å². The summed E-state index contributed by atoms with van der Waals surface area (Å²) < 4.78 is 7.13. The van der Waals surface area contributed by atoms with E-state index in [0.717, 1.165) is 36.7 Å². The third-order valence-corrected chi connectivity index (χ3v) is 5.77. The van der Waals surface area contributed by atoms with Crippen LogP contribution in [0.4, 0.5) is 0 Å². The number of piperidine rings is 1. The van der Waals surface area contributed by atoms with Gasteiger partial charge in [0.1, 0.15) is 0 Å². The van der Waals surface area contributed by atoms with Crippen LogP contribution in [0.1, 0.15) is 36.5 Å². The summed E-state index contributed by atoms with van der Waals surface area (Å²) in [5.74, 6) is -0.121. The lowest BCUT2D eigenvalue weighted by Crippen LogP contribution is -2.35. The first-order chi connectivity index (χ1) is 15.5. The van der Waals surface area contributed by atoms with E-state index in [2.05, 4.69) is 54.1 Å². The Balaban J connectivity index is 0.000000195. The molecule has 0 aliphatic carbocycles. The number of amides is 1. The van der Waals surface area contributed by atoms with E-state index in [1.54, 1.807) is 11.8 Å². The highest BCUT2D eigenvalue weighted by Gasteiger charge is 2.24. The van der Waals surface area contributed by atoms with Crippen molar-refractivity contribution < 1.29 is 14.3 Å². The summed E-state index contributed by atoms with van der Waals surface area (Å²) in [5, 5.41) is 8.59. The molecule has 1 aromatic heterocycles. The molecular weight excluding hydrogens is 402 g/mol. The van der Waals surface area contributed by atoms with Gasteiger partial charge in [-0.1, -0.05) is 42.0 Å². The van der Waals surface area contributed by atoms with Gasteiger partial charge >= 0.3 is 5.97 Å². The Hall–Kier alpha value is -3.41. The second-order valence-electron chi connectivity index (χ2n) is 8.02. The van der Waals surface area contributed by atoms with Crippen LogP contribution in [0.2, 0.25) is 0 Å². The number of hydrogen-bond acceptors (Lipinski definition) is 4. The van der Waals surface area contributed by atoms with Gasteiger partial charge in [0.2, 0.25) is 6.41 Å². The monoisotopic (exact) mass is 433 g/mol. The van der Waals surface area contributed by atoms with Crippen LogP contribution in [0.5, 0.6) is 0 Å². The van der Waals surface area contributed by atoms with Crippen LogP contribution in [0.25, 0.3) is 10.9 Å². The van der Waals surface area contributed by atoms with E-state index in [9.17, 15) is 9.59 Å². The average Bonchev–Trinajstić information content (AvgIpc) is 3.24. The van der Waals surface area contributed by atoms with Gasteiger partial charge in [-0.3, -0.25) is 9.59 Å². The predicted octanol–water partition coefficient (Wildman–Crippen LogP) is 4.41. The fourth-order valence-corrected chi connectivity index (χ4v) is 3.90. The summed E-state index contributed by atoms with van der Waals surface area (Å²) in [6, 6.07) is 16.8. The Morgan fingerprint density at radius 1 is 1.12 bits per heavy atom. The maximum atomic E-state index is 11.3. The molecule has 0 spiro atoms. The highest BCUT2D eigenvalue weighted by molar-refractivity contribution is 5.97. The minimum atomic E-state index is -0.118. The van der Waals surface area contributed by atoms with Crippen molar-refractivity contribution in [2.75, 3.05) is 19.7 Å². The topological polar surface area (TPSA) is 75.4 Å². The molecule has 1 N–H and O–H groups in total. The summed E-state index contributed by atoms with van der Waals surface area (Å²) >= 11 is 0. The molecule has 32 heavy (non-hydrogen) atoms. The molecule has 0 saturated carbocycles. The Labute approximate surface area is 189 Å². The quantitative estimate of drug-likeness (QED) is 0.355. The van der Waals surface area contributed by atoms with E-state index < -0.39 is 0 Å². The minimum Gasteiger partial charge on any atom is -0.466 e. The molecule has 2 aromatic carbocycles. The Morgan fingerprint density at radius 3 is 2.47 bits per heavy atom. The number of carbonyl (C=O) groups is 2. The molecule has 0 unspecified atom stereocenters. The van der Waals surface area contributed by atoms with Crippen molar-refractivity contribution >= 4 is 29.5 Å². The van der Waals surface area contributed by atoms with Gasteiger partial charge in [-0.2, -0.15) is 0 Å². The average molecular weight is 434 g/mol. The van der Waals surface area contributed by atoms with Gasteiger partial charge < -0.3 is 19.6 Å². The lowest BCUT2D eigenvalue weighted by atomic mass is 9.97. The minimum absolute atomic E-state index is 0.00356. The smallest absolute Gasteiger partial charge is 0.309 e. The molecule has 1 amide bonds. The molecule has 0 bridgehead atoms. The number of ether oxygens (including phenoxy) is 1. The van der Waals surface area contributed by atoms with Crippen molar-refractivity contribution in [1.29, 1.82) is 5.41 Å². The number of fused-ring (bicyclic) bond motifs is 1. The lowest BCUT2D eigenvalue weighted by Gasteiger charge is -2.27. The first kappa shape index (κ1) is 23.3. The molecule has 1 aliphatic rings. The van der Waals surface area contributed by atoms with Gasteiger partial charge in [-0.15, -0.1) is 0 Å². The third-order valence-electron chi connectivity index (χ3n) is 5.77. The summed E-state index contributed by atoms with van der Waals surface area (Å²) in [4.78, 5) is 23.3. The molecule has 3 aromatic rings. The van der Waals surface area contributed by atoms with Crippen molar-refractivity contribution in [3.05, 3.63) is 71.4 Å². The van der Waals surface area contributed by atoms with Crippen LogP contribution in [-0.2, 0) is 20.9 Å². The summed E-state index contributed by atoms with van der Waals surface area (Å²) in [6.45, 7) is 6.56. The molecule has 1 fully saturated rings. The number of nitrogens with zero attached hydrogens (tertiary/aromatic N) is 2. The van der Waals surface area contributed by atoms with Gasteiger partial charge in [0.05, 0.1) is 12.5 Å². The van der Waals surface area contributed by atoms with E-state index in [0.29, 0.717) is 19.7 Å². The highest BCUT2D eigenvalue weighted by Crippen LogP contribution is 2.20. The highest BCUT2D eigenvalue weighted by atomic mass is 16.5. The number of carbonyl (C=O) groups excluding carboxylic acids is 2. The number of rotatable bonds is 6. The van der Waals surface area contributed by atoms with E-state index in [4.69, 9.17) is 10.1 Å². The predicted molar refractivity (Wildman–Crippen MR) is 127 cm³/mol. The lowest BCUT2D eigenvalue weighted by molar-refractivity contribution is -0.150. The van der Waals surface area contributed by atoms with Crippen LogP contribution in [0.3, 0.4) is 0 Å². The molecule has 4 rings (SSSR count). The van der Waals surface area contributed by atoms with E-state index in [-0.39, 0.29) is 11.9 Å². The molecule has 168 valence electrons. The van der Waals surface area contributed by atoms with Crippen molar-refractivity contribution in [1.82, 2.24) is 9.47 Å². The zero-order valence-electron chi connectivity index (χ0n) is 18.8. The zero-order valence-corrected chi connectivity index (χ0v) is 18.8. The summed E-state index contributed by atoms with van der Waals surface area (Å²) in [7, 11) is 0. The van der Waals surface area contributed by atoms with Crippen LogP contribution in [0.15, 0.2) is 54.7 Å². The number of benzene rings is 2. The fourth-order valence-electron chi connectivity index (χ4n) is 3.90. The Kier molecular flexibility index (Phi) is 8.20. The summed E-state index contributed by atoms with van der Waals surface area (Å²) in [6.07, 6.45) is 5.81. The van der Waals surface area contributed by atoms with Crippen molar-refractivity contribution in [3.63, 3.8) is 0 Å². The fraction of sp³-hybridized carbons (Fsp3) is 0.346. The van der Waals surface area contributed by atoms with E-state index >= 15 is 0 Å². The van der Waals surface area contributed by atoms with Gasteiger partial charge in [0.15, 0.2) is 0 Å². The summed E-state index contributed by atoms with van der Waals surface area (Å²) in [5.41, 5.74) is 4.73. The van der Waals surface area contributed by atoms with Crippen LogP contribution >= 0.6 is 0 Å². The standard InChI is InChI=1S/C17H16N2.C9H15NO3/c1-13-5-7-14(8-6-13)12-19-10-9-16-15(11-18)3-2-4-17(16)19;1-2-13-9(12)8-3-5-10(7-11)6-4-8/h2-11,18H,12H2,1H3;7-8H,2-6H2,1H3. The van der Waals surface area contributed by atoms with Gasteiger partial charge in [0.25, 0.3) is 0 Å². The maximum absolute atomic E-state index is 11.3. The normalized spacial score (nSPS) is 13.9. The number of likely N-dealkylation sites (tertiary alicyclic amines) is 1. The number of hydrogen-bond donors (Lipinski definition) is 1. The molecule has 1 saturated heterocycles. The molecular formula is C26H31N3O3. The van der Waals surface area contributed by atoms with Crippen molar-refractivity contribution in [2.45, 2.75) is 33.2 Å². The first-order valence-corrected chi connectivity index (χ1v) is 11.1. The number of esters is 1. The zero-order chi connectivity index (χ0) is 22.9. The van der Waals surface area contributed by atoms with E-state index in [1.165, 1.54) is 22.9 Å². The number of aryl methyl sites for hydroxylation is 1. The molecule has 1 aliphatic heterocycles. The van der Waals surface area contributed by atoms with Crippen LogP contribution < -0.4 is 0 Å². The SMILES string of the molecule is CCOC(=O)C1CCN(C=O)CC1.Cc1ccc(Cn2ccc3c(C=N)cccc32)cc1. The molecule has 0 radical (unpaired) electrons. The second-order valence-corrected chi connectivity index (χ2v) is 8.02. The molecule has 6 nitrogen and oxygen atoms in total. The number of aromatic nitrogens is 1. The molecule has 0 atom stereocenters. The van der Waals surface area contributed by atoms with Crippen molar-refractivity contribution in [2.24, 2.45) is 5.92 Å². The van der Waals surface area contributed by atoms with Gasteiger partial charge in [0, 0.05) is 48.5 Å². The second kappa shape index (κ2) is 11.3. The van der Waals surface area contributed by atoms with Gasteiger partial charge in [-0.25, -0.2) is 0 Å². The van der Waals surface area contributed by atoms with Gasteiger partial charge in [-0.05, 0) is 44.4 Å². The Bertz CT molecular complexity index is 1050. The number of nitrogens with one attached hydrogen (secondary N) is 1. The third kappa shape index (κ3) is 5.84. The van der Waals surface area contributed by atoms with Crippen molar-refractivity contribution in [3.8, 4) is 0 Å². The van der Waals surface area contributed by atoms with E-state index in [1.807, 2.05) is 12.1 Å². The molecule has 2 heterocycles. The molecule has 6 heteroatoms. The van der Waals surface area contributed by atoms with Crippen LogP contribution in [0, 0.1) is 18.3 Å².